The van der Waals surface area contributed by atoms with Crippen LogP contribution in [0.3, 0.4) is 0 Å². The Morgan fingerprint density at radius 1 is 0.974 bits per heavy atom. The zero-order chi connectivity index (χ0) is 26.6. The minimum atomic E-state index is -0.915. The summed E-state index contributed by atoms with van der Waals surface area (Å²) in [7, 11) is 2.55. The second-order valence-corrected chi connectivity index (χ2v) is 8.72. The van der Waals surface area contributed by atoms with Crippen molar-refractivity contribution in [2.45, 2.75) is 6.54 Å². The monoisotopic (exact) mass is 520 g/mol. The molecule has 0 spiro atoms. The van der Waals surface area contributed by atoms with E-state index in [2.05, 4.69) is 30.5 Å². The number of ether oxygens (including phenoxy) is 2. The molecule has 1 saturated heterocycles. The maximum absolute atomic E-state index is 15.2. The van der Waals surface area contributed by atoms with Gasteiger partial charge in [-0.25, -0.2) is 8.78 Å². The molecule has 0 aliphatic carbocycles. The van der Waals surface area contributed by atoms with Gasteiger partial charge in [0.1, 0.15) is 5.52 Å². The minimum Gasteiger partial charge on any atom is -0.494 e. The van der Waals surface area contributed by atoms with E-state index in [1.165, 1.54) is 38.7 Å². The molecule has 5 rings (SSSR count). The van der Waals surface area contributed by atoms with Gasteiger partial charge < -0.3 is 20.1 Å². The lowest BCUT2D eigenvalue weighted by Gasteiger charge is -2.26. The lowest BCUT2D eigenvalue weighted by Crippen LogP contribution is -2.43. The van der Waals surface area contributed by atoms with Gasteiger partial charge in [0.25, 0.3) is 5.91 Å². The highest BCUT2D eigenvalue weighted by Crippen LogP contribution is 2.40. The van der Waals surface area contributed by atoms with E-state index in [1.54, 1.807) is 12.3 Å². The molecule has 2 N–H and O–H groups in total. The molecule has 0 saturated carbocycles. The molecular formula is C27H26F2N6O3. The topological polar surface area (TPSA) is 102 Å². The summed E-state index contributed by atoms with van der Waals surface area (Å²) in [6.07, 6.45) is 4.40. The number of piperazine rings is 1. The molecule has 0 atom stereocenters. The number of amides is 1. The first-order valence-corrected chi connectivity index (χ1v) is 12.0. The third kappa shape index (κ3) is 4.98. The van der Waals surface area contributed by atoms with E-state index < -0.39 is 17.5 Å². The van der Waals surface area contributed by atoms with Crippen LogP contribution in [0.2, 0.25) is 0 Å². The molecule has 0 unspecified atom stereocenters. The summed E-state index contributed by atoms with van der Waals surface area (Å²) in [4.78, 5) is 28.6. The number of nitrogens with one attached hydrogen (secondary N) is 2. The van der Waals surface area contributed by atoms with Crippen LogP contribution < -0.4 is 20.1 Å². The van der Waals surface area contributed by atoms with E-state index in [4.69, 9.17) is 9.47 Å². The number of benzene rings is 2. The van der Waals surface area contributed by atoms with Crippen molar-refractivity contribution in [2.24, 2.45) is 0 Å². The summed E-state index contributed by atoms with van der Waals surface area (Å²) < 4.78 is 40.6. The first-order valence-electron chi connectivity index (χ1n) is 12.0. The van der Waals surface area contributed by atoms with Crippen molar-refractivity contribution >= 4 is 22.6 Å². The number of hydrogen-bond acceptors (Lipinski definition) is 8. The zero-order valence-electron chi connectivity index (χ0n) is 20.9. The second-order valence-electron chi connectivity index (χ2n) is 8.72. The van der Waals surface area contributed by atoms with Crippen molar-refractivity contribution in [3.05, 3.63) is 71.8 Å². The summed E-state index contributed by atoms with van der Waals surface area (Å²) in [5.41, 5.74) is 1.67. The zero-order valence-corrected chi connectivity index (χ0v) is 20.9. The summed E-state index contributed by atoms with van der Waals surface area (Å²) in [6, 6.07) is 7.69. The third-order valence-electron chi connectivity index (χ3n) is 6.39. The van der Waals surface area contributed by atoms with Gasteiger partial charge in [0.2, 0.25) is 0 Å². The average Bonchev–Trinajstić information content (AvgIpc) is 2.95. The maximum atomic E-state index is 15.2. The van der Waals surface area contributed by atoms with Crippen LogP contribution in [0, 0.1) is 11.6 Å². The van der Waals surface area contributed by atoms with E-state index in [9.17, 15) is 4.79 Å². The van der Waals surface area contributed by atoms with Gasteiger partial charge in [-0.1, -0.05) is 6.07 Å². The number of carbonyl (C=O) groups excluding carboxylic acids is 1. The van der Waals surface area contributed by atoms with Gasteiger partial charge in [0, 0.05) is 56.7 Å². The number of nitrogens with zero attached hydrogens (tertiary/aromatic N) is 4. The molecular weight excluding hydrogens is 494 g/mol. The van der Waals surface area contributed by atoms with E-state index in [1.807, 2.05) is 6.07 Å². The summed E-state index contributed by atoms with van der Waals surface area (Å²) >= 11 is 0. The molecule has 1 fully saturated rings. The Morgan fingerprint density at radius 2 is 1.66 bits per heavy atom. The van der Waals surface area contributed by atoms with Gasteiger partial charge >= 0.3 is 0 Å². The summed E-state index contributed by atoms with van der Waals surface area (Å²) in [6.45, 7) is 4.56. The minimum absolute atomic E-state index is 0.107. The highest BCUT2D eigenvalue weighted by molar-refractivity contribution is 6.13. The van der Waals surface area contributed by atoms with Crippen LogP contribution in [0.25, 0.3) is 22.2 Å². The maximum Gasteiger partial charge on any atom is 0.257 e. The largest absolute Gasteiger partial charge is 0.494 e. The van der Waals surface area contributed by atoms with Gasteiger partial charge in [0.15, 0.2) is 23.1 Å². The number of rotatable bonds is 7. The van der Waals surface area contributed by atoms with Crippen LogP contribution in [-0.2, 0) is 6.54 Å². The molecule has 38 heavy (non-hydrogen) atoms. The van der Waals surface area contributed by atoms with Gasteiger partial charge in [-0.3, -0.25) is 24.6 Å². The number of anilines is 1. The molecule has 2 aromatic carbocycles. The van der Waals surface area contributed by atoms with Crippen molar-refractivity contribution in [3.8, 4) is 22.6 Å². The van der Waals surface area contributed by atoms with Crippen molar-refractivity contribution in [1.29, 1.82) is 0 Å². The Kier molecular flexibility index (Phi) is 7.38. The highest BCUT2D eigenvalue weighted by Gasteiger charge is 2.25. The molecule has 11 heteroatoms. The molecule has 1 aliphatic heterocycles. The fourth-order valence-electron chi connectivity index (χ4n) is 4.45. The van der Waals surface area contributed by atoms with Gasteiger partial charge in [-0.15, -0.1) is 0 Å². The molecule has 2 aromatic heterocycles. The lowest BCUT2D eigenvalue weighted by atomic mass is 9.98. The third-order valence-corrected chi connectivity index (χ3v) is 6.39. The molecule has 196 valence electrons. The molecule has 1 amide bonds. The van der Waals surface area contributed by atoms with Crippen molar-refractivity contribution in [2.75, 3.05) is 45.7 Å². The van der Waals surface area contributed by atoms with Gasteiger partial charge in [-0.2, -0.15) is 0 Å². The molecule has 4 aromatic rings. The molecule has 0 radical (unpaired) electrons. The average molecular weight is 521 g/mol. The molecule has 9 nitrogen and oxygen atoms in total. The molecule has 1 aliphatic rings. The summed E-state index contributed by atoms with van der Waals surface area (Å²) in [5.74, 6) is -2.67. The second kappa shape index (κ2) is 11.0. The number of methoxy groups -OCH3 is 2. The first kappa shape index (κ1) is 25.4. The number of aromatic nitrogens is 3. The van der Waals surface area contributed by atoms with E-state index in [0.717, 1.165) is 44.5 Å². The van der Waals surface area contributed by atoms with Crippen molar-refractivity contribution < 1.29 is 23.0 Å². The van der Waals surface area contributed by atoms with Crippen molar-refractivity contribution in [1.82, 2.24) is 25.2 Å². The smallest absolute Gasteiger partial charge is 0.257 e. The Hall–Kier alpha value is -4.22. The Balaban J connectivity index is 1.45. The summed E-state index contributed by atoms with van der Waals surface area (Å²) in [5, 5.41) is 6.14. The number of fused-ring (bicyclic) bond motifs is 1. The van der Waals surface area contributed by atoms with Crippen LogP contribution in [0.15, 0.2) is 48.9 Å². The van der Waals surface area contributed by atoms with Crippen LogP contribution >= 0.6 is 0 Å². The Morgan fingerprint density at radius 3 is 2.29 bits per heavy atom. The van der Waals surface area contributed by atoms with Gasteiger partial charge in [-0.05, 0) is 18.2 Å². The standard InChI is InChI=1S/C27H26F2N6O3/c1-37-20-13-21(38-2)24(29)22(23(20)28)18-5-6-19(26-25(18)31-7-8-32-26)27(36)34-16-3-4-17(33-14-16)15-35-11-9-30-10-12-35/h3-8,13-14,30H,9-12,15H2,1-2H3,(H,34,36). The highest BCUT2D eigenvalue weighted by atomic mass is 19.1. The van der Waals surface area contributed by atoms with Gasteiger partial charge in [0.05, 0.1) is 48.4 Å². The van der Waals surface area contributed by atoms with E-state index in [-0.39, 0.29) is 39.2 Å². The fourth-order valence-corrected chi connectivity index (χ4v) is 4.45. The van der Waals surface area contributed by atoms with Crippen LogP contribution in [-0.4, -0.2) is 66.2 Å². The van der Waals surface area contributed by atoms with Crippen LogP contribution in [0.1, 0.15) is 16.1 Å². The quantitative estimate of drug-likeness (QED) is 0.381. The Labute approximate surface area is 217 Å². The number of carbonyl (C=O) groups is 1. The lowest BCUT2D eigenvalue weighted by molar-refractivity contribution is 0.102. The number of pyridine rings is 1. The van der Waals surface area contributed by atoms with Crippen LogP contribution in [0.4, 0.5) is 14.5 Å². The number of hydrogen-bond donors (Lipinski definition) is 2. The van der Waals surface area contributed by atoms with Crippen molar-refractivity contribution in [3.63, 3.8) is 0 Å². The predicted octanol–water partition coefficient (Wildman–Crippen LogP) is 3.64. The normalized spacial score (nSPS) is 13.9. The SMILES string of the molecule is COc1cc(OC)c(F)c(-c2ccc(C(=O)Nc3ccc(CN4CCNCC4)nc3)c3nccnc23)c1F. The Bertz CT molecular complexity index is 1450. The molecule has 3 heterocycles. The van der Waals surface area contributed by atoms with E-state index >= 15 is 8.78 Å². The predicted molar refractivity (Wildman–Crippen MR) is 138 cm³/mol. The molecule has 0 bridgehead atoms. The van der Waals surface area contributed by atoms with E-state index in [0.29, 0.717) is 5.69 Å². The first-order chi connectivity index (χ1) is 18.5. The number of halogens is 2. The fraction of sp³-hybridized carbons (Fsp3) is 0.259. The van der Waals surface area contributed by atoms with Crippen LogP contribution in [0.5, 0.6) is 11.5 Å².